The molecule has 0 spiro atoms. The quantitative estimate of drug-likeness (QED) is 0.773. The number of alkyl halides is 2. The molecule has 0 aromatic heterocycles. The van der Waals surface area contributed by atoms with E-state index < -0.39 is 6.61 Å². The van der Waals surface area contributed by atoms with Crippen molar-refractivity contribution in [2.45, 2.75) is 53.2 Å². The fourth-order valence-corrected chi connectivity index (χ4v) is 3.56. The molecule has 0 amide bonds. The molecular formula is C19H26F2N2O. The van der Waals surface area contributed by atoms with Crippen molar-refractivity contribution >= 4 is 0 Å². The first-order valence-electron chi connectivity index (χ1n) is 8.39. The van der Waals surface area contributed by atoms with Crippen molar-refractivity contribution in [3.05, 3.63) is 29.8 Å². The molecule has 3 nitrogen and oxygen atoms in total. The van der Waals surface area contributed by atoms with E-state index in [0.717, 1.165) is 31.5 Å². The van der Waals surface area contributed by atoms with Crippen LogP contribution < -0.4 is 4.74 Å². The second kappa shape index (κ2) is 7.48. The van der Waals surface area contributed by atoms with Gasteiger partial charge < -0.3 is 4.74 Å². The van der Waals surface area contributed by atoms with E-state index in [1.54, 1.807) is 18.2 Å². The number of likely N-dealkylation sites (tertiary alicyclic amines) is 1. The summed E-state index contributed by atoms with van der Waals surface area (Å²) in [6.45, 7) is 6.39. The summed E-state index contributed by atoms with van der Waals surface area (Å²) in [4.78, 5) is 2.32. The number of rotatable bonds is 5. The molecule has 0 radical (unpaired) electrons. The highest BCUT2D eigenvalue weighted by atomic mass is 19.3. The van der Waals surface area contributed by atoms with Crippen LogP contribution in [0.15, 0.2) is 24.3 Å². The van der Waals surface area contributed by atoms with Crippen molar-refractivity contribution in [2.24, 2.45) is 10.8 Å². The zero-order valence-electron chi connectivity index (χ0n) is 14.7. The number of hydrogen-bond acceptors (Lipinski definition) is 3. The van der Waals surface area contributed by atoms with E-state index in [2.05, 4.69) is 36.5 Å². The zero-order valence-corrected chi connectivity index (χ0v) is 14.7. The van der Waals surface area contributed by atoms with E-state index in [-0.39, 0.29) is 16.6 Å². The van der Waals surface area contributed by atoms with Crippen molar-refractivity contribution < 1.29 is 13.5 Å². The number of benzene rings is 1. The molecule has 1 aliphatic rings. The summed E-state index contributed by atoms with van der Waals surface area (Å²) in [6, 6.07) is 9.26. The van der Waals surface area contributed by atoms with Gasteiger partial charge in [-0.3, -0.25) is 4.90 Å². The maximum atomic E-state index is 12.3. The molecule has 132 valence electrons. The number of nitrogens with zero attached hydrogens (tertiary/aromatic N) is 2. The summed E-state index contributed by atoms with van der Waals surface area (Å²) in [5.74, 6) is 0.202. The summed E-state index contributed by atoms with van der Waals surface area (Å²) in [7, 11) is 0. The molecule has 1 aromatic carbocycles. The molecule has 0 atom stereocenters. The number of piperidine rings is 1. The SMILES string of the molecule is CC(C)(C)C1(CC#N)CCN(Cc2cccc(OC(F)F)c2)CC1. The van der Waals surface area contributed by atoms with Crippen molar-refractivity contribution in [1.29, 1.82) is 5.26 Å². The Balaban J connectivity index is 1.99. The van der Waals surface area contributed by atoms with Crippen LogP contribution in [0.2, 0.25) is 0 Å². The molecule has 0 bridgehead atoms. The van der Waals surface area contributed by atoms with Crippen molar-refractivity contribution in [1.82, 2.24) is 4.90 Å². The third kappa shape index (κ3) is 4.45. The van der Waals surface area contributed by atoms with Crippen molar-refractivity contribution in [2.75, 3.05) is 13.1 Å². The predicted octanol–water partition coefficient (Wildman–Crippen LogP) is 4.83. The Kier molecular flexibility index (Phi) is 5.82. The lowest BCUT2D eigenvalue weighted by atomic mass is 9.60. The fraction of sp³-hybridized carbons (Fsp3) is 0.632. The first-order valence-corrected chi connectivity index (χ1v) is 8.39. The Morgan fingerprint density at radius 3 is 2.50 bits per heavy atom. The average Bonchev–Trinajstić information content (AvgIpc) is 2.48. The summed E-state index contributed by atoms with van der Waals surface area (Å²) >= 11 is 0. The monoisotopic (exact) mass is 336 g/mol. The highest BCUT2D eigenvalue weighted by molar-refractivity contribution is 5.28. The summed E-state index contributed by atoms with van der Waals surface area (Å²) < 4.78 is 29.1. The van der Waals surface area contributed by atoms with Crippen LogP contribution in [0.25, 0.3) is 0 Å². The van der Waals surface area contributed by atoms with Crippen LogP contribution >= 0.6 is 0 Å². The van der Waals surface area contributed by atoms with Gasteiger partial charge in [-0.2, -0.15) is 14.0 Å². The van der Waals surface area contributed by atoms with Gasteiger partial charge in [-0.15, -0.1) is 0 Å². The zero-order chi connectivity index (χ0) is 17.8. The molecule has 1 aromatic rings. The molecule has 1 aliphatic heterocycles. The van der Waals surface area contributed by atoms with Crippen LogP contribution in [0.5, 0.6) is 5.75 Å². The first-order chi connectivity index (χ1) is 11.3. The molecule has 0 saturated carbocycles. The lowest BCUT2D eigenvalue weighted by molar-refractivity contribution is -0.0499. The summed E-state index contributed by atoms with van der Waals surface area (Å²) in [6.07, 6.45) is 2.55. The maximum Gasteiger partial charge on any atom is 0.387 e. The molecule has 1 saturated heterocycles. The Morgan fingerprint density at radius 1 is 1.29 bits per heavy atom. The molecule has 0 N–H and O–H groups in total. The van der Waals surface area contributed by atoms with E-state index in [9.17, 15) is 14.0 Å². The van der Waals surface area contributed by atoms with Gasteiger partial charge in [-0.25, -0.2) is 0 Å². The Hall–Kier alpha value is -1.67. The smallest absolute Gasteiger partial charge is 0.387 e. The lowest BCUT2D eigenvalue weighted by Gasteiger charge is -2.49. The Morgan fingerprint density at radius 2 is 1.96 bits per heavy atom. The van der Waals surface area contributed by atoms with Crippen LogP contribution in [0, 0.1) is 22.2 Å². The van der Waals surface area contributed by atoms with Gasteiger partial charge in [0.1, 0.15) is 5.75 Å². The molecule has 0 unspecified atom stereocenters. The van der Waals surface area contributed by atoms with Crippen molar-refractivity contribution in [3.63, 3.8) is 0 Å². The minimum atomic E-state index is -2.80. The summed E-state index contributed by atoms with van der Waals surface area (Å²) in [5.41, 5.74) is 1.12. The van der Waals surface area contributed by atoms with Crippen LogP contribution in [0.3, 0.4) is 0 Å². The van der Waals surface area contributed by atoms with Gasteiger partial charge in [0.25, 0.3) is 0 Å². The molecule has 5 heteroatoms. The normalized spacial score (nSPS) is 18.4. The molecule has 1 fully saturated rings. The summed E-state index contributed by atoms with van der Waals surface area (Å²) in [5, 5.41) is 9.21. The highest BCUT2D eigenvalue weighted by Gasteiger charge is 2.43. The maximum absolute atomic E-state index is 12.3. The molecular weight excluding hydrogens is 310 g/mol. The first kappa shape index (κ1) is 18.7. The molecule has 1 heterocycles. The molecule has 2 rings (SSSR count). The van der Waals surface area contributed by atoms with E-state index >= 15 is 0 Å². The molecule has 0 aliphatic carbocycles. The minimum Gasteiger partial charge on any atom is -0.435 e. The van der Waals surface area contributed by atoms with Crippen LogP contribution in [-0.4, -0.2) is 24.6 Å². The number of nitriles is 1. The standard InChI is InChI=1S/C19H26F2N2O/c1-18(2,3)19(7-10-22)8-11-23(12-9-19)14-15-5-4-6-16(13-15)24-17(20)21/h4-6,13,17H,7-9,11-12,14H2,1-3H3. The topological polar surface area (TPSA) is 36.3 Å². The third-order valence-electron chi connectivity index (χ3n) is 5.35. The van der Waals surface area contributed by atoms with Gasteiger partial charge in [0.05, 0.1) is 6.07 Å². The second-order valence-electron chi connectivity index (χ2n) is 7.67. The van der Waals surface area contributed by atoms with Gasteiger partial charge in [0, 0.05) is 13.0 Å². The van der Waals surface area contributed by atoms with Crippen LogP contribution in [-0.2, 0) is 6.54 Å². The minimum absolute atomic E-state index is 0.0544. The number of ether oxygens (including phenoxy) is 1. The van der Waals surface area contributed by atoms with E-state index in [4.69, 9.17) is 0 Å². The van der Waals surface area contributed by atoms with E-state index in [0.29, 0.717) is 13.0 Å². The molecule has 24 heavy (non-hydrogen) atoms. The number of halogens is 2. The number of hydrogen-bond donors (Lipinski definition) is 0. The van der Waals surface area contributed by atoms with Gasteiger partial charge >= 0.3 is 6.61 Å². The Labute approximate surface area is 143 Å². The second-order valence-corrected chi connectivity index (χ2v) is 7.67. The Bertz CT molecular complexity index is 582. The van der Waals surface area contributed by atoms with E-state index in [1.807, 2.05) is 6.07 Å². The van der Waals surface area contributed by atoms with Crippen molar-refractivity contribution in [3.8, 4) is 11.8 Å². The lowest BCUT2D eigenvalue weighted by Crippen LogP contribution is -2.46. The van der Waals surface area contributed by atoms with Crippen LogP contribution in [0.4, 0.5) is 8.78 Å². The highest BCUT2D eigenvalue weighted by Crippen LogP contribution is 2.49. The van der Waals surface area contributed by atoms with Gasteiger partial charge in [-0.05, 0) is 54.5 Å². The average molecular weight is 336 g/mol. The van der Waals surface area contributed by atoms with Gasteiger partial charge in [0.15, 0.2) is 0 Å². The predicted molar refractivity (Wildman–Crippen MR) is 89.7 cm³/mol. The van der Waals surface area contributed by atoms with Gasteiger partial charge in [0.2, 0.25) is 0 Å². The van der Waals surface area contributed by atoms with Gasteiger partial charge in [-0.1, -0.05) is 32.9 Å². The fourth-order valence-electron chi connectivity index (χ4n) is 3.56. The van der Waals surface area contributed by atoms with E-state index in [1.165, 1.54) is 0 Å². The largest absolute Gasteiger partial charge is 0.435 e. The third-order valence-corrected chi connectivity index (χ3v) is 5.35. The van der Waals surface area contributed by atoms with Crippen LogP contribution in [0.1, 0.15) is 45.6 Å².